The van der Waals surface area contributed by atoms with E-state index >= 15 is 0 Å². The van der Waals surface area contributed by atoms with Gasteiger partial charge in [0, 0.05) is 18.7 Å². The van der Waals surface area contributed by atoms with E-state index < -0.39 is 44.8 Å². The lowest BCUT2D eigenvalue weighted by atomic mass is 10.3. The molecule has 0 amide bonds. The van der Waals surface area contributed by atoms with Crippen LogP contribution in [0.1, 0.15) is 5.56 Å². The number of sulfonamides is 1. The van der Waals surface area contributed by atoms with Gasteiger partial charge in [0.05, 0.1) is 9.82 Å². The summed E-state index contributed by atoms with van der Waals surface area (Å²) in [4.78, 5) is 9.38. The molecule has 0 saturated carbocycles. The zero-order valence-corrected chi connectivity index (χ0v) is 13.6. The van der Waals surface area contributed by atoms with Gasteiger partial charge in [0.25, 0.3) is 5.69 Å². The molecule has 2 aromatic rings. The van der Waals surface area contributed by atoms with Gasteiger partial charge >= 0.3 is 6.18 Å². The highest BCUT2D eigenvalue weighted by Crippen LogP contribution is 2.26. The van der Waals surface area contributed by atoms with Crippen molar-refractivity contribution in [3.05, 3.63) is 56.8 Å². The number of halogens is 3. The third-order valence-electron chi connectivity index (χ3n) is 2.96. The maximum Gasteiger partial charge on any atom is 0.402 e. The van der Waals surface area contributed by atoms with Gasteiger partial charge in [-0.1, -0.05) is 6.07 Å². The summed E-state index contributed by atoms with van der Waals surface area (Å²) in [6.07, 6.45) is -4.75. The Bertz CT molecular complexity index is 820. The van der Waals surface area contributed by atoms with Crippen LogP contribution in [0.4, 0.5) is 18.9 Å². The van der Waals surface area contributed by atoms with E-state index in [9.17, 15) is 31.7 Å². The molecule has 0 aliphatic heterocycles. The largest absolute Gasteiger partial charge is 0.402 e. The van der Waals surface area contributed by atoms with Crippen LogP contribution in [0, 0.1) is 10.1 Å². The molecule has 6 nitrogen and oxygen atoms in total. The fourth-order valence-corrected chi connectivity index (χ4v) is 4.03. The fraction of sp³-hybridized carbons (Fsp3) is 0.231. The van der Waals surface area contributed by atoms with Crippen LogP contribution in [0.5, 0.6) is 0 Å². The molecule has 0 aliphatic carbocycles. The molecule has 0 fully saturated rings. The second-order valence-corrected chi connectivity index (χ2v) is 7.49. The summed E-state index contributed by atoms with van der Waals surface area (Å²) in [5.74, 6) is 0. The van der Waals surface area contributed by atoms with Gasteiger partial charge in [-0.2, -0.15) is 28.8 Å². The molecule has 1 aromatic carbocycles. The SMILES string of the molecule is O=[N+]([O-])c1cccc(S(=O)(=O)N(Cc2ccsc2)CC(F)(F)F)c1. The average Bonchev–Trinajstić information content (AvgIpc) is 2.98. The molecule has 2 rings (SSSR count). The summed E-state index contributed by atoms with van der Waals surface area (Å²) in [5.41, 5.74) is -0.114. The Morgan fingerprint density at radius 2 is 1.96 bits per heavy atom. The van der Waals surface area contributed by atoms with Crippen molar-refractivity contribution in [2.45, 2.75) is 17.6 Å². The summed E-state index contributed by atoms with van der Waals surface area (Å²) < 4.78 is 63.6. The number of nitro groups is 1. The van der Waals surface area contributed by atoms with Crippen molar-refractivity contribution >= 4 is 27.0 Å². The molecule has 0 radical (unpaired) electrons. The van der Waals surface area contributed by atoms with E-state index in [2.05, 4.69) is 0 Å². The maximum absolute atomic E-state index is 12.8. The van der Waals surface area contributed by atoms with E-state index in [0.717, 1.165) is 24.3 Å². The van der Waals surface area contributed by atoms with E-state index in [0.29, 0.717) is 5.56 Å². The van der Waals surface area contributed by atoms with Crippen molar-refractivity contribution in [3.63, 3.8) is 0 Å². The van der Waals surface area contributed by atoms with Gasteiger partial charge in [0.2, 0.25) is 10.0 Å². The number of thiophene rings is 1. The van der Waals surface area contributed by atoms with Crippen molar-refractivity contribution < 1.29 is 26.5 Å². The van der Waals surface area contributed by atoms with E-state index in [1.165, 1.54) is 22.8 Å². The minimum atomic E-state index is -4.75. The Kier molecular flexibility index (Phi) is 5.26. The Morgan fingerprint density at radius 3 is 2.50 bits per heavy atom. The predicted molar refractivity (Wildman–Crippen MR) is 81.1 cm³/mol. The van der Waals surface area contributed by atoms with E-state index in [4.69, 9.17) is 0 Å². The molecule has 11 heteroatoms. The first kappa shape index (κ1) is 18.4. The lowest BCUT2D eigenvalue weighted by Crippen LogP contribution is -2.38. The quantitative estimate of drug-likeness (QED) is 0.568. The van der Waals surface area contributed by atoms with Crippen molar-refractivity contribution in [1.82, 2.24) is 4.31 Å². The standard InChI is InChI=1S/C13H11F3N2O4S2/c14-13(15,16)9-17(7-10-4-5-23-8-10)24(21,22)12-3-1-2-11(6-12)18(19)20/h1-6,8H,7,9H2. The van der Waals surface area contributed by atoms with Gasteiger partial charge in [-0.3, -0.25) is 10.1 Å². The number of nitro benzene ring substituents is 1. The number of hydrogen-bond acceptors (Lipinski definition) is 5. The Labute approximate surface area is 139 Å². The molecule has 1 heterocycles. The summed E-state index contributed by atoms with van der Waals surface area (Å²) in [6.45, 7) is -2.16. The smallest absolute Gasteiger partial charge is 0.258 e. The van der Waals surface area contributed by atoms with Gasteiger partial charge in [-0.05, 0) is 28.5 Å². The lowest BCUT2D eigenvalue weighted by Gasteiger charge is -2.23. The van der Waals surface area contributed by atoms with Crippen molar-refractivity contribution in [2.75, 3.05) is 6.54 Å². The molecule has 130 valence electrons. The highest BCUT2D eigenvalue weighted by atomic mass is 32.2. The molecule has 24 heavy (non-hydrogen) atoms. The molecular weight excluding hydrogens is 369 g/mol. The molecule has 0 unspecified atom stereocenters. The number of rotatable bonds is 6. The second-order valence-electron chi connectivity index (χ2n) is 4.77. The highest BCUT2D eigenvalue weighted by Gasteiger charge is 2.37. The Hall–Kier alpha value is -1.98. The van der Waals surface area contributed by atoms with Crippen LogP contribution < -0.4 is 0 Å². The first-order valence-corrected chi connectivity index (χ1v) is 8.80. The summed E-state index contributed by atoms with van der Waals surface area (Å²) >= 11 is 1.22. The number of non-ortho nitro benzene ring substituents is 1. The number of alkyl halides is 3. The average molecular weight is 380 g/mol. The van der Waals surface area contributed by atoms with Crippen LogP contribution in [0.3, 0.4) is 0 Å². The third kappa shape index (κ3) is 4.52. The zero-order valence-electron chi connectivity index (χ0n) is 11.9. The van der Waals surface area contributed by atoms with Crippen LogP contribution in [0.25, 0.3) is 0 Å². The Morgan fingerprint density at radius 1 is 1.25 bits per heavy atom. The van der Waals surface area contributed by atoms with E-state index in [1.54, 1.807) is 5.38 Å². The predicted octanol–water partition coefficient (Wildman–Crippen LogP) is 3.41. The van der Waals surface area contributed by atoms with Crippen molar-refractivity contribution in [2.24, 2.45) is 0 Å². The molecule has 0 N–H and O–H groups in total. The normalized spacial score (nSPS) is 12.5. The third-order valence-corrected chi connectivity index (χ3v) is 5.48. The van der Waals surface area contributed by atoms with Crippen LogP contribution in [0.15, 0.2) is 46.0 Å². The summed E-state index contributed by atoms with van der Waals surface area (Å²) in [6, 6.07) is 5.45. The van der Waals surface area contributed by atoms with Gasteiger partial charge in [0.1, 0.15) is 6.54 Å². The second kappa shape index (κ2) is 6.87. The van der Waals surface area contributed by atoms with Gasteiger partial charge in [-0.15, -0.1) is 0 Å². The summed E-state index contributed by atoms with van der Waals surface area (Å²) in [5, 5.41) is 13.9. The van der Waals surface area contributed by atoms with Crippen LogP contribution in [-0.2, 0) is 16.6 Å². The Balaban J connectivity index is 2.42. The van der Waals surface area contributed by atoms with Crippen molar-refractivity contribution in [1.29, 1.82) is 0 Å². The van der Waals surface area contributed by atoms with Crippen LogP contribution >= 0.6 is 11.3 Å². The summed E-state index contributed by atoms with van der Waals surface area (Å²) in [7, 11) is -4.55. The highest BCUT2D eigenvalue weighted by molar-refractivity contribution is 7.89. The monoisotopic (exact) mass is 380 g/mol. The van der Waals surface area contributed by atoms with Gasteiger partial charge < -0.3 is 0 Å². The molecule has 0 atom stereocenters. The number of hydrogen-bond donors (Lipinski definition) is 0. The first-order valence-electron chi connectivity index (χ1n) is 6.42. The minimum absolute atomic E-state index is 0.258. The van der Waals surface area contributed by atoms with Crippen LogP contribution in [-0.4, -0.2) is 30.4 Å². The minimum Gasteiger partial charge on any atom is -0.258 e. The molecule has 0 bridgehead atoms. The van der Waals surface area contributed by atoms with Crippen molar-refractivity contribution in [3.8, 4) is 0 Å². The van der Waals surface area contributed by atoms with E-state index in [1.807, 2.05) is 0 Å². The number of nitrogens with zero attached hydrogens (tertiary/aromatic N) is 2. The van der Waals surface area contributed by atoms with Gasteiger partial charge in [-0.25, -0.2) is 8.42 Å². The topological polar surface area (TPSA) is 80.5 Å². The van der Waals surface area contributed by atoms with Gasteiger partial charge in [0.15, 0.2) is 0 Å². The molecule has 1 aromatic heterocycles. The first-order chi connectivity index (χ1) is 11.1. The van der Waals surface area contributed by atoms with E-state index in [-0.39, 0.29) is 4.31 Å². The van der Waals surface area contributed by atoms with Crippen LogP contribution in [0.2, 0.25) is 0 Å². The molecule has 0 saturated heterocycles. The number of benzene rings is 1. The molecule has 0 spiro atoms. The molecule has 0 aliphatic rings. The maximum atomic E-state index is 12.8. The lowest BCUT2D eigenvalue weighted by molar-refractivity contribution is -0.385. The zero-order chi connectivity index (χ0) is 18.0. The molecular formula is C13H11F3N2O4S2. The fourth-order valence-electron chi connectivity index (χ4n) is 1.92.